The number of fused-ring (bicyclic) bond motifs is 1. The number of hydrogen-bond donors (Lipinski definition) is 1. The van der Waals surface area contributed by atoms with Gasteiger partial charge in [-0.15, -0.1) is 0 Å². The highest BCUT2D eigenvalue weighted by molar-refractivity contribution is 6.32. The summed E-state index contributed by atoms with van der Waals surface area (Å²) in [5.41, 5.74) is 5.62. The molecule has 0 saturated carbocycles. The van der Waals surface area contributed by atoms with E-state index in [1.807, 2.05) is 60.7 Å². The summed E-state index contributed by atoms with van der Waals surface area (Å²) in [6.07, 6.45) is 3.03. The number of carbonyl (C=O) groups excluding carboxylic acids is 1. The number of pyridine rings is 1. The van der Waals surface area contributed by atoms with Crippen LogP contribution >= 0.6 is 11.6 Å². The maximum absolute atomic E-state index is 14.1. The van der Waals surface area contributed by atoms with Crippen LogP contribution < -0.4 is 10.2 Å². The van der Waals surface area contributed by atoms with Crippen molar-refractivity contribution in [1.82, 2.24) is 20.2 Å². The predicted molar refractivity (Wildman–Crippen MR) is 137 cm³/mol. The second-order valence-electron chi connectivity index (χ2n) is 7.75. The van der Waals surface area contributed by atoms with Crippen LogP contribution in [0.5, 0.6) is 5.75 Å². The monoisotopic (exact) mass is 499 g/mol. The van der Waals surface area contributed by atoms with Gasteiger partial charge >= 0.3 is 0 Å². The van der Waals surface area contributed by atoms with Crippen molar-refractivity contribution < 1.29 is 13.9 Å². The molecule has 0 saturated heterocycles. The molecule has 5 aromatic rings. The molecule has 5 rings (SSSR count). The van der Waals surface area contributed by atoms with Gasteiger partial charge in [0, 0.05) is 16.5 Å². The standard InChI is InChI=1S/C27H19ClFN5O2/c28-27-19(14-18-6-4-5-9-23(18)32-27)16-30-33-26(35)17-36-25-11-10-20(29)15-22(25)24-12-13-31-34(24)21-7-2-1-3-8-21/h1-16H,17H2,(H,33,35)/b30-16+. The Labute approximate surface area is 210 Å². The van der Waals surface area contributed by atoms with Crippen LogP contribution in [-0.4, -0.2) is 33.5 Å². The Bertz CT molecular complexity index is 1570. The van der Waals surface area contributed by atoms with Gasteiger partial charge in [-0.2, -0.15) is 10.2 Å². The van der Waals surface area contributed by atoms with Crippen LogP contribution in [0.1, 0.15) is 5.56 Å². The first-order valence-corrected chi connectivity index (χ1v) is 11.4. The number of benzene rings is 3. The van der Waals surface area contributed by atoms with Crippen LogP contribution in [0.15, 0.2) is 96.2 Å². The van der Waals surface area contributed by atoms with Crippen molar-refractivity contribution >= 4 is 34.6 Å². The lowest BCUT2D eigenvalue weighted by molar-refractivity contribution is -0.123. The Kier molecular flexibility index (Phi) is 6.68. The number of carbonyl (C=O) groups is 1. The topological polar surface area (TPSA) is 81.4 Å². The number of ether oxygens (including phenoxy) is 1. The lowest BCUT2D eigenvalue weighted by atomic mass is 10.1. The van der Waals surface area contributed by atoms with E-state index in [9.17, 15) is 9.18 Å². The first-order chi connectivity index (χ1) is 17.6. The molecule has 3 aromatic carbocycles. The van der Waals surface area contributed by atoms with Gasteiger partial charge in [0.15, 0.2) is 6.61 Å². The predicted octanol–water partition coefficient (Wildman–Crippen LogP) is 5.41. The van der Waals surface area contributed by atoms with Crippen LogP contribution in [-0.2, 0) is 4.79 Å². The molecule has 0 aliphatic rings. The average Bonchev–Trinajstić information content (AvgIpc) is 3.39. The largest absolute Gasteiger partial charge is 0.483 e. The van der Waals surface area contributed by atoms with E-state index in [2.05, 4.69) is 20.6 Å². The van der Waals surface area contributed by atoms with Gasteiger partial charge < -0.3 is 4.74 Å². The van der Waals surface area contributed by atoms with E-state index in [0.717, 1.165) is 16.6 Å². The molecule has 2 aromatic heterocycles. The van der Waals surface area contributed by atoms with Gasteiger partial charge in [-0.25, -0.2) is 19.5 Å². The fourth-order valence-corrected chi connectivity index (χ4v) is 3.85. The van der Waals surface area contributed by atoms with Crippen LogP contribution in [0, 0.1) is 5.82 Å². The Balaban J connectivity index is 1.29. The summed E-state index contributed by atoms with van der Waals surface area (Å²) in [7, 11) is 0. The molecule has 0 aliphatic heterocycles. The molecule has 178 valence electrons. The van der Waals surface area contributed by atoms with Crippen LogP contribution in [0.2, 0.25) is 5.15 Å². The Morgan fingerprint density at radius 1 is 1.06 bits per heavy atom. The second-order valence-corrected chi connectivity index (χ2v) is 8.11. The smallest absolute Gasteiger partial charge is 0.277 e. The highest BCUT2D eigenvalue weighted by Gasteiger charge is 2.15. The van der Waals surface area contributed by atoms with Crippen LogP contribution in [0.25, 0.3) is 27.8 Å². The minimum Gasteiger partial charge on any atom is -0.483 e. The number of amides is 1. The quantitative estimate of drug-likeness (QED) is 0.184. The first kappa shape index (κ1) is 23.2. The minimum atomic E-state index is -0.497. The summed E-state index contributed by atoms with van der Waals surface area (Å²) in [5, 5.41) is 9.48. The molecule has 9 heteroatoms. The Morgan fingerprint density at radius 2 is 1.86 bits per heavy atom. The van der Waals surface area contributed by atoms with Crippen LogP contribution in [0.3, 0.4) is 0 Å². The van der Waals surface area contributed by atoms with Crippen molar-refractivity contribution in [2.75, 3.05) is 6.61 Å². The Hall–Kier alpha value is -4.56. The van der Waals surface area contributed by atoms with Gasteiger partial charge in [0.1, 0.15) is 16.7 Å². The summed E-state index contributed by atoms with van der Waals surface area (Å²) >= 11 is 6.22. The van der Waals surface area contributed by atoms with Crippen molar-refractivity contribution in [2.45, 2.75) is 0 Å². The second kappa shape index (κ2) is 10.4. The maximum Gasteiger partial charge on any atom is 0.277 e. The summed E-state index contributed by atoms with van der Waals surface area (Å²) in [6, 6.07) is 24.7. The third-order valence-corrected chi connectivity index (χ3v) is 5.62. The van der Waals surface area contributed by atoms with E-state index in [-0.39, 0.29) is 11.8 Å². The fraction of sp³-hybridized carbons (Fsp3) is 0.0370. The molecule has 1 N–H and O–H groups in total. The molecule has 0 spiro atoms. The van der Waals surface area contributed by atoms with E-state index in [4.69, 9.17) is 16.3 Å². The summed E-state index contributed by atoms with van der Waals surface area (Å²) < 4.78 is 21.5. The van der Waals surface area contributed by atoms with E-state index >= 15 is 0 Å². The molecular weight excluding hydrogens is 481 g/mol. The molecule has 1 amide bonds. The van der Waals surface area contributed by atoms with Crippen molar-refractivity contribution in [3.8, 4) is 22.7 Å². The third-order valence-electron chi connectivity index (χ3n) is 5.32. The number of para-hydroxylation sites is 2. The van der Waals surface area contributed by atoms with E-state index in [0.29, 0.717) is 22.6 Å². The SMILES string of the molecule is O=C(COc1ccc(F)cc1-c1ccnn1-c1ccccc1)N/N=C/c1cc2ccccc2nc1Cl. The van der Waals surface area contributed by atoms with E-state index < -0.39 is 11.7 Å². The molecule has 7 nitrogen and oxygen atoms in total. The molecule has 0 aliphatic carbocycles. The highest BCUT2D eigenvalue weighted by Crippen LogP contribution is 2.32. The van der Waals surface area contributed by atoms with Gasteiger partial charge in [0.25, 0.3) is 5.91 Å². The van der Waals surface area contributed by atoms with Crippen molar-refractivity contribution in [3.63, 3.8) is 0 Å². The normalized spacial score (nSPS) is 11.2. The van der Waals surface area contributed by atoms with Crippen molar-refractivity contribution in [1.29, 1.82) is 0 Å². The fourth-order valence-electron chi connectivity index (χ4n) is 3.66. The van der Waals surface area contributed by atoms with Crippen molar-refractivity contribution in [2.24, 2.45) is 5.10 Å². The molecule has 2 heterocycles. The van der Waals surface area contributed by atoms with Gasteiger partial charge in [0.2, 0.25) is 0 Å². The van der Waals surface area contributed by atoms with E-state index in [1.54, 1.807) is 16.9 Å². The molecule has 0 bridgehead atoms. The van der Waals surface area contributed by atoms with Crippen LogP contribution in [0.4, 0.5) is 4.39 Å². The molecule has 0 fully saturated rings. The number of aromatic nitrogens is 3. The highest BCUT2D eigenvalue weighted by atomic mass is 35.5. The molecule has 0 unspecified atom stereocenters. The average molecular weight is 500 g/mol. The zero-order valence-corrected chi connectivity index (χ0v) is 19.6. The Morgan fingerprint density at radius 3 is 2.72 bits per heavy atom. The number of halogens is 2. The lowest BCUT2D eigenvalue weighted by Gasteiger charge is -2.13. The lowest BCUT2D eigenvalue weighted by Crippen LogP contribution is -2.24. The minimum absolute atomic E-state index is 0.272. The molecule has 0 atom stereocenters. The molecular formula is C27H19ClFN5O2. The number of rotatable bonds is 7. The van der Waals surface area contributed by atoms with Gasteiger partial charge in [-0.05, 0) is 48.5 Å². The number of nitrogens with one attached hydrogen (secondary N) is 1. The van der Waals surface area contributed by atoms with E-state index in [1.165, 1.54) is 24.4 Å². The molecule has 36 heavy (non-hydrogen) atoms. The molecule has 0 radical (unpaired) electrons. The third kappa shape index (κ3) is 5.08. The zero-order chi connectivity index (χ0) is 24.9. The number of nitrogens with zero attached hydrogens (tertiary/aromatic N) is 4. The summed E-state index contributed by atoms with van der Waals surface area (Å²) in [6.45, 7) is -0.334. The zero-order valence-electron chi connectivity index (χ0n) is 18.8. The van der Waals surface area contributed by atoms with Gasteiger partial charge in [-0.1, -0.05) is 48.0 Å². The van der Waals surface area contributed by atoms with Crippen molar-refractivity contribution in [3.05, 3.63) is 108 Å². The summed E-state index contributed by atoms with van der Waals surface area (Å²) in [4.78, 5) is 16.7. The van der Waals surface area contributed by atoms with Gasteiger partial charge in [-0.3, -0.25) is 4.79 Å². The number of hydrogen-bond acceptors (Lipinski definition) is 5. The number of hydrazone groups is 1. The van der Waals surface area contributed by atoms with Gasteiger partial charge in [0.05, 0.1) is 29.3 Å². The summed E-state index contributed by atoms with van der Waals surface area (Å²) in [5.74, 6) is -0.606. The maximum atomic E-state index is 14.1. The first-order valence-electron chi connectivity index (χ1n) is 11.0.